The number of aromatic nitrogens is 1. The van der Waals surface area contributed by atoms with Crippen LogP contribution < -0.4 is 5.32 Å². The molecular weight excluding hydrogens is 216 g/mol. The van der Waals surface area contributed by atoms with Gasteiger partial charge in [-0.3, -0.25) is 0 Å². The number of aliphatic carboxylic acids is 1. The van der Waals surface area contributed by atoms with E-state index in [2.05, 4.69) is 10.3 Å². The second kappa shape index (κ2) is 4.98. The Morgan fingerprint density at radius 1 is 1.60 bits per heavy atom. The highest BCUT2D eigenvalue weighted by molar-refractivity contribution is 6.32. The number of pyridine rings is 1. The van der Waals surface area contributed by atoms with Gasteiger partial charge in [0.1, 0.15) is 11.9 Å². The average molecular weight is 229 g/mol. The first-order valence-corrected chi connectivity index (χ1v) is 5.00. The summed E-state index contributed by atoms with van der Waals surface area (Å²) in [6, 6.07) is 2.67. The van der Waals surface area contributed by atoms with Crippen molar-refractivity contribution in [2.24, 2.45) is 5.92 Å². The van der Waals surface area contributed by atoms with Crippen LogP contribution in [0.25, 0.3) is 0 Å². The lowest BCUT2D eigenvalue weighted by Crippen LogP contribution is -2.34. The fraction of sp³-hybridized carbons (Fsp3) is 0.400. The molecule has 0 unspecified atom stereocenters. The standard InChI is InChI=1S/C10H13ClN2O2/c1-6(2)8(10(14)15)13-9-7(11)4-3-5-12-9/h3-6,8H,1-2H3,(H,12,13)(H,14,15)/t8-/m1/s1. The Morgan fingerprint density at radius 2 is 2.27 bits per heavy atom. The van der Waals surface area contributed by atoms with E-state index in [0.717, 1.165) is 0 Å². The van der Waals surface area contributed by atoms with Crippen molar-refractivity contribution in [3.63, 3.8) is 0 Å². The van der Waals surface area contributed by atoms with Crippen molar-refractivity contribution in [3.05, 3.63) is 23.4 Å². The van der Waals surface area contributed by atoms with Crippen LogP contribution in [0.3, 0.4) is 0 Å². The van der Waals surface area contributed by atoms with E-state index in [1.807, 2.05) is 13.8 Å². The molecule has 0 aliphatic rings. The largest absolute Gasteiger partial charge is 0.480 e. The van der Waals surface area contributed by atoms with Crippen LogP contribution in [-0.2, 0) is 4.79 Å². The molecule has 1 heterocycles. The first kappa shape index (κ1) is 11.8. The van der Waals surface area contributed by atoms with Gasteiger partial charge in [0.25, 0.3) is 0 Å². The first-order valence-electron chi connectivity index (χ1n) is 4.62. The van der Waals surface area contributed by atoms with E-state index in [9.17, 15) is 4.79 Å². The molecule has 4 nitrogen and oxygen atoms in total. The predicted molar refractivity (Wildman–Crippen MR) is 59.1 cm³/mol. The minimum absolute atomic E-state index is 0.0411. The van der Waals surface area contributed by atoms with Crippen molar-refractivity contribution in [1.29, 1.82) is 0 Å². The van der Waals surface area contributed by atoms with Gasteiger partial charge in [0.2, 0.25) is 0 Å². The van der Waals surface area contributed by atoms with E-state index in [-0.39, 0.29) is 5.92 Å². The van der Waals surface area contributed by atoms with Crippen LogP contribution in [0.15, 0.2) is 18.3 Å². The molecule has 0 fully saturated rings. The summed E-state index contributed by atoms with van der Waals surface area (Å²) in [7, 11) is 0. The van der Waals surface area contributed by atoms with E-state index in [4.69, 9.17) is 16.7 Å². The quantitative estimate of drug-likeness (QED) is 0.830. The molecule has 0 bridgehead atoms. The molecule has 0 saturated carbocycles. The van der Waals surface area contributed by atoms with E-state index >= 15 is 0 Å². The molecule has 0 aromatic carbocycles. The minimum Gasteiger partial charge on any atom is -0.480 e. The molecule has 0 spiro atoms. The van der Waals surface area contributed by atoms with E-state index in [0.29, 0.717) is 10.8 Å². The van der Waals surface area contributed by atoms with Crippen LogP contribution in [0.4, 0.5) is 5.82 Å². The number of rotatable bonds is 4. The minimum atomic E-state index is -0.910. The Labute approximate surface area is 93.3 Å². The zero-order chi connectivity index (χ0) is 11.4. The summed E-state index contributed by atoms with van der Waals surface area (Å²) in [6.07, 6.45) is 1.56. The van der Waals surface area contributed by atoms with Gasteiger partial charge in [-0.1, -0.05) is 25.4 Å². The number of carboxylic acids is 1. The molecule has 1 aromatic rings. The van der Waals surface area contributed by atoms with Crippen molar-refractivity contribution >= 4 is 23.4 Å². The van der Waals surface area contributed by atoms with Gasteiger partial charge in [-0.05, 0) is 18.1 Å². The molecular formula is C10H13ClN2O2. The smallest absolute Gasteiger partial charge is 0.326 e. The van der Waals surface area contributed by atoms with Crippen LogP contribution in [0.1, 0.15) is 13.8 Å². The van der Waals surface area contributed by atoms with Crippen LogP contribution >= 0.6 is 11.6 Å². The van der Waals surface area contributed by atoms with Crippen LogP contribution in [0.2, 0.25) is 5.02 Å². The topological polar surface area (TPSA) is 62.2 Å². The number of nitrogens with one attached hydrogen (secondary N) is 1. The lowest BCUT2D eigenvalue weighted by Gasteiger charge is -2.18. The normalized spacial score (nSPS) is 12.5. The van der Waals surface area contributed by atoms with Gasteiger partial charge in [0, 0.05) is 6.20 Å². The van der Waals surface area contributed by atoms with Gasteiger partial charge < -0.3 is 10.4 Å². The number of nitrogens with zero attached hydrogens (tertiary/aromatic N) is 1. The first-order chi connectivity index (χ1) is 7.02. The second-order valence-electron chi connectivity index (χ2n) is 3.54. The molecule has 1 aromatic heterocycles. The zero-order valence-corrected chi connectivity index (χ0v) is 9.32. The highest BCUT2D eigenvalue weighted by Crippen LogP contribution is 2.20. The molecule has 0 saturated heterocycles. The van der Waals surface area contributed by atoms with Crippen LogP contribution in [-0.4, -0.2) is 22.1 Å². The molecule has 82 valence electrons. The van der Waals surface area contributed by atoms with E-state index in [1.165, 1.54) is 0 Å². The van der Waals surface area contributed by atoms with E-state index in [1.54, 1.807) is 18.3 Å². The third-order valence-electron chi connectivity index (χ3n) is 1.98. The maximum atomic E-state index is 10.9. The number of anilines is 1. The monoisotopic (exact) mass is 228 g/mol. The second-order valence-corrected chi connectivity index (χ2v) is 3.95. The van der Waals surface area contributed by atoms with Crippen LogP contribution in [0, 0.1) is 5.92 Å². The summed E-state index contributed by atoms with van der Waals surface area (Å²) in [5.74, 6) is -0.549. The number of carboxylic acid groups (broad SMARTS) is 1. The number of hydrogen-bond donors (Lipinski definition) is 2. The highest BCUT2D eigenvalue weighted by Gasteiger charge is 2.22. The molecule has 0 aliphatic heterocycles. The lowest BCUT2D eigenvalue weighted by molar-refractivity contribution is -0.138. The van der Waals surface area contributed by atoms with Crippen molar-refractivity contribution in [2.45, 2.75) is 19.9 Å². The lowest BCUT2D eigenvalue weighted by atomic mass is 10.1. The molecule has 1 rings (SSSR count). The summed E-state index contributed by atoms with van der Waals surface area (Å²) in [5, 5.41) is 12.2. The maximum Gasteiger partial charge on any atom is 0.326 e. The Hall–Kier alpha value is -1.29. The van der Waals surface area contributed by atoms with E-state index < -0.39 is 12.0 Å². The molecule has 0 aliphatic carbocycles. The fourth-order valence-electron chi connectivity index (χ4n) is 1.15. The molecule has 15 heavy (non-hydrogen) atoms. The van der Waals surface area contributed by atoms with Crippen molar-refractivity contribution < 1.29 is 9.90 Å². The van der Waals surface area contributed by atoms with Crippen molar-refractivity contribution in [3.8, 4) is 0 Å². The summed E-state index contributed by atoms with van der Waals surface area (Å²) in [4.78, 5) is 14.9. The van der Waals surface area contributed by atoms with Gasteiger partial charge in [0.15, 0.2) is 0 Å². The average Bonchev–Trinajstić information content (AvgIpc) is 2.15. The van der Waals surface area contributed by atoms with Gasteiger partial charge in [-0.15, -0.1) is 0 Å². The van der Waals surface area contributed by atoms with Gasteiger partial charge in [0.05, 0.1) is 5.02 Å². The predicted octanol–water partition coefficient (Wildman–Crippen LogP) is 2.26. The summed E-state index contributed by atoms with van der Waals surface area (Å²) in [5.41, 5.74) is 0. The number of halogens is 1. The Balaban J connectivity index is 2.84. The zero-order valence-electron chi connectivity index (χ0n) is 8.57. The fourth-order valence-corrected chi connectivity index (χ4v) is 1.33. The summed E-state index contributed by atoms with van der Waals surface area (Å²) in [6.45, 7) is 3.64. The van der Waals surface area contributed by atoms with Crippen LogP contribution in [0.5, 0.6) is 0 Å². The molecule has 2 N–H and O–H groups in total. The SMILES string of the molecule is CC(C)[C@@H](Nc1ncccc1Cl)C(=O)O. The van der Waals surface area contributed by atoms with Gasteiger partial charge in [-0.25, -0.2) is 9.78 Å². The number of hydrogen-bond acceptors (Lipinski definition) is 3. The summed E-state index contributed by atoms with van der Waals surface area (Å²) < 4.78 is 0. The third-order valence-corrected chi connectivity index (χ3v) is 2.29. The van der Waals surface area contributed by atoms with Crippen molar-refractivity contribution in [2.75, 3.05) is 5.32 Å². The van der Waals surface area contributed by atoms with Gasteiger partial charge >= 0.3 is 5.97 Å². The third kappa shape index (κ3) is 3.09. The molecule has 1 atom stereocenters. The van der Waals surface area contributed by atoms with Gasteiger partial charge in [-0.2, -0.15) is 0 Å². The molecule has 0 radical (unpaired) electrons. The Morgan fingerprint density at radius 3 is 2.73 bits per heavy atom. The summed E-state index contributed by atoms with van der Waals surface area (Å²) >= 11 is 5.86. The molecule has 5 heteroatoms. The highest BCUT2D eigenvalue weighted by atomic mass is 35.5. The Kier molecular flexibility index (Phi) is 3.91. The Bertz CT molecular complexity index is 355. The maximum absolute atomic E-state index is 10.9. The number of carbonyl (C=O) groups is 1. The molecule has 0 amide bonds. The van der Waals surface area contributed by atoms with Crippen molar-refractivity contribution in [1.82, 2.24) is 4.98 Å².